The second-order valence-electron chi connectivity index (χ2n) is 2.24. The van der Waals surface area contributed by atoms with E-state index >= 15 is 0 Å². The lowest BCUT2D eigenvalue weighted by atomic mass is 10.4. The van der Waals surface area contributed by atoms with Crippen LogP contribution in [0.5, 0.6) is 0 Å². The summed E-state index contributed by atoms with van der Waals surface area (Å²) in [6, 6.07) is -2.61. The van der Waals surface area contributed by atoms with Gasteiger partial charge in [0.1, 0.15) is 11.8 Å². The summed E-state index contributed by atoms with van der Waals surface area (Å²) in [6.45, 7) is 0. The number of carbonyl (C=O) groups is 1. The largest absolute Gasteiger partial charge is 0.480 e. The third-order valence-electron chi connectivity index (χ3n) is 0.812. The van der Waals surface area contributed by atoms with Crippen LogP contribution in [0, 0.1) is 0 Å². The van der Waals surface area contributed by atoms with Crippen molar-refractivity contribution >= 4 is 16.2 Å². The van der Waals surface area contributed by atoms with Crippen LogP contribution in [0.15, 0.2) is 0 Å². The molecule has 0 aliphatic carbocycles. The number of carboxylic acids is 1. The summed E-state index contributed by atoms with van der Waals surface area (Å²) in [4.78, 5) is 9.72. The van der Waals surface area contributed by atoms with E-state index in [-0.39, 0.29) is 0 Å². The summed E-state index contributed by atoms with van der Waals surface area (Å²) in [7, 11) is -9.68. The lowest BCUT2D eigenvalue weighted by molar-refractivity contribution is -0.138. The van der Waals surface area contributed by atoms with Gasteiger partial charge in [-0.1, -0.05) is 19.4 Å². The van der Waals surface area contributed by atoms with Crippen molar-refractivity contribution in [2.24, 2.45) is 5.73 Å². The van der Waals surface area contributed by atoms with Gasteiger partial charge in [0.15, 0.2) is 0 Å². The highest BCUT2D eigenvalue weighted by atomic mass is 32.5. The number of rotatable bonds is 3. The minimum Gasteiger partial charge on any atom is -0.480 e. The summed E-state index contributed by atoms with van der Waals surface area (Å²) in [5.41, 5.74) is 4.30. The van der Waals surface area contributed by atoms with Crippen LogP contribution in [0.2, 0.25) is 0 Å². The third-order valence-corrected chi connectivity index (χ3v) is 1.80. The second-order valence-corrected chi connectivity index (χ2v) is 4.83. The van der Waals surface area contributed by atoms with Crippen molar-refractivity contribution in [1.29, 1.82) is 0 Å². The summed E-state index contributed by atoms with van der Waals surface area (Å²) < 4.78 is 57.4. The van der Waals surface area contributed by atoms with Crippen molar-refractivity contribution in [2.75, 3.05) is 5.75 Å². The van der Waals surface area contributed by atoms with Crippen LogP contribution in [0.25, 0.3) is 0 Å². The van der Waals surface area contributed by atoms with E-state index in [0.29, 0.717) is 0 Å². The maximum absolute atomic E-state index is 11.5. The normalized spacial score (nSPS) is 20.8. The maximum Gasteiger partial charge on any atom is 0.321 e. The first kappa shape index (κ1) is 11.4. The van der Waals surface area contributed by atoms with Crippen molar-refractivity contribution in [3.63, 3.8) is 0 Å². The van der Waals surface area contributed by atoms with E-state index in [1.807, 2.05) is 0 Å². The SMILES string of the molecule is NC(CS(F)(F)(F)(F)F)C(=O)O. The summed E-state index contributed by atoms with van der Waals surface area (Å²) in [6.07, 6.45) is 0. The molecule has 9 heteroatoms. The van der Waals surface area contributed by atoms with Gasteiger partial charge in [0.05, 0.1) is 0 Å². The van der Waals surface area contributed by atoms with E-state index in [1.54, 1.807) is 0 Å². The molecule has 0 aromatic rings. The molecule has 0 heterocycles. The monoisotopic (exact) mass is 215 g/mol. The van der Waals surface area contributed by atoms with E-state index in [4.69, 9.17) is 5.11 Å². The Balaban J connectivity index is 4.59. The first-order chi connectivity index (χ1) is 4.80. The molecule has 0 fully saturated rings. The fourth-order valence-electron chi connectivity index (χ4n) is 0.411. The molecule has 0 aromatic heterocycles. The average Bonchev–Trinajstić information content (AvgIpc) is 1.55. The minimum atomic E-state index is -9.68. The number of nitrogens with two attached hydrogens (primary N) is 1. The Morgan fingerprint density at radius 3 is 1.75 bits per heavy atom. The van der Waals surface area contributed by atoms with Gasteiger partial charge in [-0.25, -0.2) is 0 Å². The molecule has 0 aromatic carbocycles. The van der Waals surface area contributed by atoms with Crippen molar-refractivity contribution in [3.8, 4) is 0 Å². The van der Waals surface area contributed by atoms with Crippen molar-refractivity contribution in [2.45, 2.75) is 6.04 Å². The minimum absolute atomic E-state index is 2.11. The van der Waals surface area contributed by atoms with Gasteiger partial charge in [-0.05, 0) is 0 Å². The Hall–Kier alpha value is -0.570. The fraction of sp³-hybridized carbons (Fsp3) is 0.667. The number of carboxylic acid groups (broad SMARTS) is 1. The zero-order valence-corrected chi connectivity index (χ0v) is 6.33. The molecule has 0 amide bonds. The van der Waals surface area contributed by atoms with E-state index in [9.17, 15) is 24.2 Å². The molecule has 0 bridgehead atoms. The van der Waals surface area contributed by atoms with Gasteiger partial charge in [-0.2, -0.15) is 0 Å². The van der Waals surface area contributed by atoms with Crippen molar-refractivity contribution < 1.29 is 29.3 Å². The Morgan fingerprint density at radius 1 is 1.33 bits per heavy atom. The zero-order chi connectivity index (χ0) is 10.3. The van der Waals surface area contributed by atoms with Gasteiger partial charge < -0.3 is 10.8 Å². The quantitative estimate of drug-likeness (QED) is 0.704. The summed E-state index contributed by atoms with van der Waals surface area (Å²) >= 11 is 0. The molecule has 0 aliphatic rings. The standard InChI is InChI=1S/C3H6F5NO2S/c4-12(5,6,7,8)1-2(9)3(10)11/h2H,1,9H2,(H,10,11). The van der Waals surface area contributed by atoms with Crippen LogP contribution in [0.1, 0.15) is 0 Å². The highest BCUT2D eigenvalue weighted by Crippen LogP contribution is 2.97. The molecule has 76 valence electrons. The predicted molar refractivity (Wildman–Crippen MR) is 33.6 cm³/mol. The first-order valence-electron chi connectivity index (χ1n) is 2.52. The van der Waals surface area contributed by atoms with Crippen LogP contribution >= 0.6 is 10.2 Å². The van der Waals surface area contributed by atoms with Crippen LogP contribution < -0.4 is 5.73 Å². The van der Waals surface area contributed by atoms with Gasteiger partial charge in [0.2, 0.25) is 0 Å². The summed E-state index contributed by atoms with van der Waals surface area (Å²) in [5, 5.41) is 7.83. The Bertz CT molecular complexity index is 208. The lowest BCUT2D eigenvalue weighted by Crippen LogP contribution is -2.38. The molecule has 1 atom stereocenters. The van der Waals surface area contributed by atoms with E-state index < -0.39 is 28.0 Å². The predicted octanol–water partition coefficient (Wildman–Crippen LogP) is 1.70. The lowest BCUT2D eigenvalue weighted by Gasteiger charge is -2.41. The van der Waals surface area contributed by atoms with E-state index in [0.717, 1.165) is 0 Å². The highest BCUT2D eigenvalue weighted by Gasteiger charge is 2.64. The number of hydrogen-bond donors (Lipinski definition) is 2. The molecule has 0 radical (unpaired) electrons. The topological polar surface area (TPSA) is 63.3 Å². The molecule has 0 saturated heterocycles. The fourth-order valence-corrected chi connectivity index (χ4v) is 1.23. The first-order valence-corrected chi connectivity index (χ1v) is 4.64. The number of hydrogen-bond acceptors (Lipinski definition) is 2. The van der Waals surface area contributed by atoms with E-state index in [2.05, 4.69) is 5.73 Å². The molecule has 3 N–H and O–H groups in total. The van der Waals surface area contributed by atoms with Gasteiger partial charge in [-0.15, -0.1) is 0 Å². The van der Waals surface area contributed by atoms with E-state index in [1.165, 1.54) is 0 Å². The third kappa shape index (κ3) is 6.16. The molecule has 1 unspecified atom stereocenters. The Labute approximate surface area is 64.1 Å². The van der Waals surface area contributed by atoms with Gasteiger partial charge in [0.25, 0.3) is 10.2 Å². The molecule has 0 aliphatic heterocycles. The maximum atomic E-state index is 11.5. The molecular weight excluding hydrogens is 209 g/mol. The average molecular weight is 215 g/mol. The molecule has 0 spiro atoms. The molecule has 12 heavy (non-hydrogen) atoms. The van der Waals surface area contributed by atoms with Gasteiger partial charge in [0, 0.05) is 0 Å². The smallest absolute Gasteiger partial charge is 0.321 e. The van der Waals surface area contributed by atoms with Crippen LogP contribution in [-0.4, -0.2) is 22.9 Å². The van der Waals surface area contributed by atoms with Gasteiger partial charge >= 0.3 is 5.97 Å². The van der Waals surface area contributed by atoms with Crippen LogP contribution in [0.3, 0.4) is 0 Å². The van der Waals surface area contributed by atoms with Crippen LogP contribution in [0.4, 0.5) is 19.4 Å². The van der Waals surface area contributed by atoms with Crippen LogP contribution in [-0.2, 0) is 4.79 Å². The second kappa shape index (κ2) is 2.02. The molecular formula is C3H6F5NO2S. The Morgan fingerprint density at radius 2 is 1.67 bits per heavy atom. The molecule has 3 nitrogen and oxygen atoms in total. The summed E-state index contributed by atoms with van der Waals surface area (Å²) in [5.74, 6) is -4.88. The zero-order valence-electron chi connectivity index (χ0n) is 5.52. The van der Waals surface area contributed by atoms with Gasteiger partial charge in [-0.3, -0.25) is 4.79 Å². The van der Waals surface area contributed by atoms with Crippen molar-refractivity contribution in [1.82, 2.24) is 0 Å². The Kier molecular flexibility index (Phi) is 1.92. The molecule has 0 saturated carbocycles. The number of aliphatic carboxylic acids is 1. The highest BCUT2D eigenvalue weighted by molar-refractivity contribution is 8.45. The van der Waals surface area contributed by atoms with Crippen molar-refractivity contribution in [3.05, 3.63) is 0 Å². The molecule has 0 rings (SSSR count). The number of halogens is 5.